The summed E-state index contributed by atoms with van der Waals surface area (Å²) >= 11 is 1.57. The van der Waals surface area contributed by atoms with Crippen molar-refractivity contribution >= 4 is 22.9 Å². The van der Waals surface area contributed by atoms with E-state index >= 15 is 0 Å². The molecule has 7 heteroatoms. The van der Waals surface area contributed by atoms with E-state index in [0.29, 0.717) is 5.82 Å². The van der Waals surface area contributed by atoms with Crippen molar-refractivity contribution in [3.05, 3.63) is 46.7 Å². The lowest BCUT2D eigenvalue weighted by atomic mass is 10.1. The van der Waals surface area contributed by atoms with Gasteiger partial charge in [0.2, 0.25) is 11.7 Å². The maximum atomic E-state index is 12.0. The molecule has 1 amide bonds. The first-order valence-corrected chi connectivity index (χ1v) is 7.88. The molecule has 6 nitrogen and oxygen atoms in total. The lowest BCUT2D eigenvalue weighted by Gasteiger charge is -2.05. The van der Waals surface area contributed by atoms with Gasteiger partial charge >= 0.3 is 0 Å². The molecule has 2 heterocycles. The minimum absolute atomic E-state index is 0.0352. The Morgan fingerprint density at radius 2 is 2.27 bits per heavy atom. The molecule has 0 bridgehead atoms. The summed E-state index contributed by atoms with van der Waals surface area (Å²) in [6.45, 7) is 2.11. The van der Waals surface area contributed by atoms with E-state index < -0.39 is 0 Å². The summed E-state index contributed by atoms with van der Waals surface area (Å²) in [5.74, 6) is 0.351. The zero-order valence-electron chi connectivity index (χ0n) is 12.1. The monoisotopic (exact) mass is 313 g/mol. The van der Waals surface area contributed by atoms with Gasteiger partial charge in [-0.1, -0.05) is 19.1 Å². The quantitative estimate of drug-likeness (QED) is 0.786. The molecule has 1 aromatic carbocycles. The summed E-state index contributed by atoms with van der Waals surface area (Å²) < 4.78 is 0. The maximum Gasteiger partial charge on any atom is 0.248 e. The lowest BCUT2D eigenvalue weighted by molar-refractivity contribution is -0.117. The highest BCUT2D eigenvalue weighted by atomic mass is 32.1. The van der Waals surface area contributed by atoms with E-state index in [2.05, 4.69) is 27.7 Å². The summed E-state index contributed by atoms with van der Waals surface area (Å²) in [6.07, 6.45) is 0.929. The highest BCUT2D eigenvalue weighted by Crippen LogP contribution is 2.16. The number of hydrogen-bond acceptors (Lipinski definition) is 5. The molecular formula is C15H15N5OS. The standard InChI is InChI=1S/C15H15N5OS/c1-2-11-4-3-5-13(8-11)16-14(21)9-20-18-15(17-19-20)12-6-7-22-10-12/h3-8,10H,2,9H2,1H3,(H,16,21). The Balaban J connectivity index is 1.64. The van der Waals surface area contributed by atoms with Gasteiger partial charge in [0.05, 0.1) is 0 Å². The number of aryl methyl sites for hydroxylation is 1. The van der Waals surface area contributed by atoms with Gasteiger partial charge in [0.15, 0.2) is 0 Å². The largest absolute Gasteiger partial charge is 0.324 e. The lowest BCUT2D eigenvalue weighted by Crippen LogP contribution is -2.20. The first-order chi connectivity index (χ1) is 10.7. The molecule has 3 rings (SSSR count). The SMILES string of the molecule is CCc1cccc(NC(=O)Cn2nnc(-c3ccsc3)n2)c1. The Hall–Kier alpha value is -2.54. The summed E-state index contributed by atoms with van der Waals surface area (Å²) in [5, 5.41) is 18.8. The van der Waals surface area contributed by atoms with Gasteiger partial charge in [0.25, 0.3) is 0 Å². The molecule has 22 heavy (non-hydrogen) atoms. The molecule has 0 spiro atoms. The molecule has 0 saturated carbocycles. The molecule has 0 fully saturated rings. The Kier molecular flexibility index (Phi) is 4.24. The van der Waals surface area contributed by atoms with Crippen LogP contribution >= 0.6 is 11.3 Å². The molecule has 2 aromatic heterocycles. The molecule has 0 saturated heterocycles. The number of hydrogen-bond donors (Lipinski definition) is 1. The molecule has 0 radical (unpaired) electrons. The predicted molar refractivity (Wildman–Crippen MR) is 85.6 cm³/mol. The highest BCUT2D eigenvalue weighted by Gasteiger charge is 2.09. The normalized spacial score (nSPS) is 10.6. The van der Waals surface area contributed by atoms with Crippen molar-refractivity contribution in [3.63, 3.8) is 0 Å². The highest BCUT2D eigenvalue weighted by molar-refractivity contribution is 7.08. The van der Waals surface area contributed by atoms with Crippen LogP contribution < -0.4 is 5.32 Å². The molecule has 0 aliphatic carbocycles. The molecule has 0 aliphatic heterocycles. The van der Waals surface area contributed by atoms with Crippen molar-refractivity contribution < 1.29 is 4.79 Å². The predicted octanol–water partition coefficient (Wildman–Crippen LogP) is 2.60. The third kappa shape index (κ3) is 3.37. The van der Waals surface area contributed by atoms with Gasteiger partial charge in [-0.3, -0.25) is 4.79 Å². The summed E-state index contributed by atoms with van der Waals surface area (Å²) in [4.78, 5) is 13.3. The topological polar surface area (TPSA) is 72.7 Å². The van der Waals surface area contributed by atoms with E-state index in [-0.39, 0.29) is 12.5 Å². The molecule has 3 aromatic rings. The van der Waals surface area contributed by atoms with Crippen molar-refractivity contribution in [1.82, 2.24) is 20.2 Å². The van der Waals surface area contributed by atoms with Crippen LogP contribution in [0.4, 0.5) is 5.69 Å². The van der Waals surface area contributed by atoms with Gasteiger partial charge in [0, 0.05) is 16.6 Å². The Morgan fingerprint density at radius 1 is 1.36 bits per heavy atom. The van der Waals surface area contributed by atoms with Crippen LogP contribution in [0, 0.1) is 0 Å². The molecule has 0 atom stereocenters. The van der Waals surface area contributed by atoms with Crippen LogP contribution in [-0.2, 0) is 17.8 Å². The number of anilines is 1. The van der Waals surface area contributed by atoms with Crippen LogP contribution in [0.15, 0.2) is 41.1 Å². The average Bonchev–Trinajstić information content (AvgIpc) is 3.18. The number of carbonyl (C=O) groups is 1. The zero-order chi connectivity index (χ0) is 15.4. The summed E-state index contributed by atoms with van der Waals surface area (Å²) in [5.41, 5.74) is 2.87. The van der Waals surface area contributed by atoms with Crippen LogP contribution in [0.25, 0.3) is 11.4 Å². The fourth-order valence-corrected chi connectivity index (χ4v) is 2.65. The fourth-order valence-electron chi connectivity index (χ4n) is 2.02. The van der Waals surface area contributed by atoms with Gasteiger partial charge in [-0.25, -0.2) is 0 Å². The number of tetrazole rings is 1. The van der Waals surface area contributed by atoms with Gasteiger partial charge in [-0.05, 0) is 40.8 Å². The minimum Gasteiger partial charge on any atom is -0.324 e. The van der Waals surface area contributed by atoms with E-state index in [4.69, 9.17) is 0 Å². The van der Waals surface area contributed by atoms with Crippen molar-refractivity contribution in [2.24, 2.45) is 0 Å². The fraction of sp³-hybridized carbons (Fsp3) is 0.200. The molecule has 0 aliphatic rings. The van der Waals surface area contributed by atoms with E-state index in [0.717, 1.165) is 17.7 Å². The Bertz CT molecular complexity index is 766. The molecular weight excluding hydrogens is 298 g/mol. The number of rotatable bonds is 5. The zero-order valence-corrected chi connectivity index (χ0v) is 12.9. The van der Waals surface area contributed by atoms with Gasteiger partial charge in [-0.15, -0.1) is 10.2 Å². The second kappa shape index (κ2) is 6.48. The third-order valence-electron chi connectivity index (χ3n) is 3.14. The number of amides is 1. The van der Waals surface area contributed by atoms with Crippen LogP contribution in [0.2, 0.25) is 0 Å². The summed E-state index contributed by atoms with van der Waals surface area (Å²) in [7, 11) is 0. The number of nitrogens with one attached hydrogen (secondary N) is 1. The number of carbonyl (C=O) groups excluding carboxylic acids is 1. The van der Waals surface area contributed by atoms with Gasteiger partial charge in [0.1, 0.15) is 6.54 Å². The number of benzene rings is 1. The van der Waals surface area contributed by atoms with E-state index in [1.165, 1.54) is 10.4 Å². The van der Waals surface area contributed by atoms with Crippen LogP contribution in [0.5, 0.6) is 0 Å². The Morgan fingerprint density at radius 3 is 3.05 bits per heavy atom. The molecule has 0 unspecified atom stereocenters. The molecule has 112 valence electrons. The number of nitrogens with zero attached hydrogens (tertiary/aromatic N) is 4. The first kappa shape index (κ1) is 14.4. The van der Waals surface area contributed by atoms with Crippen molar-refractivity contribution in [3.8, 4) is 11.4 Å². The van der Waals surface area contributed by atoms with Crippen LogP contribution in [0.3, 0.4) is 0 Å². The average molecular weight is 313 g/mol. The van der Waals surface area contributed by atoms with Crippen LogP contribution in [0.1, 0.15) is 12.5 Å². The van der Waals surface area contributed by atoms with Crippen molar-refractivity contribution in [1.29, 1.82) is 0 Å². The maximum absolute atomic E-state index is 12.0. The van der Waals surface area contributed by atoms with Crippen molar-refractivity contribution in [2.75, 3.05) is 5.32 Å². The number of thiophene rings is 1. The van der Waals surface area contributed by atoms with E-state index in [9.17, 15) is 4.79 Å². The second-order valence-electron chi connectivity index (χ2n) is 4.76. The first-order valence-electron chi connectivity index (χ1n) is 6.94. The van der Waals surface area contributed by atoms with Crippen LogP contribution in [-0.4, -0.2) is 26.1 Å². The third-order valence-corrected chi connectivity index (χ3v) is 3.82. The number of aromatic nitrogens is 4. The van der Waals surface area contributed by atoms with E-state index in [1.54, 1.807) is 11.3 Å². The Labute approximate surface area is 131 Å². The van der Waals surface area contributed by atoms with Crippen molar-refractivity contribution in [2.45, 2.75) is 19.9 Å². The minimum atomic E-state index is -0.178. The summed E-state index contributed by atoms with van der Waals surface area (Å²) in [6, 6.07) is 9.70. The second-order valence-corrected chi connectivity index (χ2v) is 5.54. The van der Waals surface area contributed by atoms with Gasteiger partial charge in [-0.2, -0.15) is 16.1 Å². The molecule has 1 N–H and O–H groups in total. The smallest absolute Gasteiger partial charge is 0.248 e. The van der Waals surface area contributed by atoms with Gasteiger partial charge < -0.3 is 5.32 Å². The van der Waals surface area contributed by atoms with E-state index in [1.807, 2.05) is 41.1 Å².